The third-order valence-electron chi connectivity index (χ3n) is 3.81. The number of hydrogen-bond donors (Lipinski definition) is 0. The van der Waals surface area contributed by atoms with Crippen molar-refractivity contribution in [3.63, 3.8) is 0 Å². The van der Waals surface area contributed by atoms with Crippen LogP contribution in [0.15, 0.2) is 42.5 Å². The van der Waals surface area contributed by atoms with Crippen LogP contribution in [0.25, 0.3) is 6.08 Å². The van der Waals surface area contributed by atoms with Crippen LogP contribution in [0.3, 0.4) is 0 Å². The summed E-state index contributed by atoms with van der Waals surface area (Å²) in [4.78, 5) is 13.9. The number of halogens is 1. The molecular formula is C21H21ClN2O3. The Labute approximate surface area is 164 Å². The van der Waals surface area contributed by atoms with Crippen LogP contribution in [0.2, 0.25) is 5.02 Å². The maximum atomic E-state index is 12.4. The first-order chi connectivity index (χ1) is 13.0. The molecule has 0 aliphatic rings. The van der Waals surface area contributed by atoms with Gasteiger partial charge in [-0.2, -0.15) is 5.26 Å². The molecule has 6 heteroatoms. The lowest BCUT2D eigenvalue weighted by Crippen LogP contribution is -2.24. The molecule has 0 saturated carbocycles. The largest absolute Gasteiger partial charge is 0.493 e. The predicted molar refractivity (Wildman–Crippen MR) is 106 cm³/mol. The summed E-state index contributed by atoms with van der Waals surface area (Å²) in [6, 6.07) is 12.8. The number of rotatable bonds is 7. The van der Waals surface area contributed by atoms with Crippen molar-refractivity contribution in [1.82, 2.24) is 4.90 Å². The highest BCUT2D eigenvalue weighted by atomic mass is 35.5. The number of carbonyl (C=O) groups is 1. The van der Waals surface area contributed by atoms with Gasteiger partial charge in [0.05, 0.1) is 30.4 Å². The van der Waals surface area contributed by atoms with Crippen molar-refractivity contribution in [2.45, 2.75) is 13.5 Å². The molecule has 0 bridgehead atoms. The van der Waals surface area contributed by atoms with E-state index in [2.05, 4.69) is 6.07 Å². The second-order valence-corrected chi connectivity index (χ2v) is 6.21. The Morgan fingerprint density at radius 1 is 1.33 bits per heavy atom. The molecule has 0 fully saturated rings. The number of amides is 1. The van der Waals surface area contributed by atoms with E-state index in [-0.39, 0.29) is 5.91 Å². The average Bonchev–Trinajstić information content (AvgIpc) is 2.67. The van der Waals surface area contributed by atoms with E-state index in [1.54, 1.807) is 48.4 Å². The second-order valence-electron chi connectivity index (χ2n) is 5.81. The van der Waals surface area contributed by atoms with Gasteiger partial charge in [0.25, 0.3) is 0 Å². The molecule has 140 valence electrons. The fourth-order valence-corrected chi connectivity index (χ4v) is 2.78. The quantitative estimate of drug-likeness (QED) is 0.668. The summed E-state index contributed by atoms with van der Waals surface area (Å²) in [5, 5.41) is 9.38. The van der Waals surface area contributed by atoms with Crippen molar-refractivity contribution in [2.75, 3.05) is 20.8 Å². The van der Waals surface area contributed by atoms with Crippen LogP contribution in [-0.2, 0) is 11.3 Å². The van der Waals surface area contributed by atoms with Crippen LogP contribution >= 0.6 is 11.6 Å². The minimum atomic E-state index is -0.165. The van der Waals surface area contributed by atoms with E-state index in [1.165, 1.54) is 13.2 Å². The van der Waals surface area contributed by atoms with E-state index < -0.39 is 0 Å². The van der Waals surface area contributed by atoms with Crippen LogP contribution in [0.1, 0.15) is 23.6 Å². The topological polar surface area (TPSA) is 62.6 Å². The van der Waals surface area contributed by atoms with Crippen molar-refractivity contribution in [1.29, 1.82) is 5.26 Å². The van der Waals surface area contributed by atoms with Gasteiger partial charge in [-0.15, -0.1) is 0 Å². The van der Waals surface area contributed by atoms with E-state index in [0.29, 0.717) is 35.2 Å². The first-order valence-electron chi connectivity index (χ1n) is 8.41. The lowest BCUT2D eigenvalue weighted by Gasteiger charge is -2.15. The summed E-state index contributed by atoms with van der Waals surface area (Å²) in [5.41, 5.74) is 2.19. The summed E-state index contributed by atoms with van der Waals surface area (Å²) in [6.07, 6.45) is 3.15. The Kier molecular flexibility index (Phi) is 7.27. The third-order valence-corrected chi connectivity index (χ3v) is 4.09. The summed E-state index contributed by atoms with van der Waals surface area (Å²) < 4.78 is 10.8. The highest BCUT2D eigenvalue weighted by molar-refractivity contribution is 6.32. The van der Waals surface area contributed by atoms with Crippen molar-refractivity contribution >= 4 is 23.6 Å². The first-order valence-corrected chi connectivity index (χ1v) is 8.78. The van der Waals surface area contributed by atoms with Gasteiger partial charge < -0.3 is 14.4 Å². The lowest BCUT2D eigenvalue weighted by atomic mass is 10.1. The molecular weight excluding hydrogens is 364 g/mol. The number of nitrogens with zero attached hydrogens (tertiary/aromatic N) is 2. The van der Waals surface area contributed by atoms with E-state index in [4.69, 9.17) is 26.3 Å². The minimum Gasteiger partial charge on any atom is -0.493 e. The molecule has 0 aliphatic heterocycles. The maximum absolute atomic E-state index is 12.4. The molecule has 0 atom stereocenters. The Bertz CT molecular complexity index is 887. The predicted octanol–water partition coefficient (Wildman–Crippen LogP) is 4.29. The zero-order valence-corrected chi connectivity index (χ0v) is 16.3. The van der Waals surface area contributed by atoms with Crippen LogP contribution < -0.4 is 9.47 Å². The van der Waals surface area contributed by atoms with Gasteiger partial charge in [0.15, 0.2) is 11.5 Å². The number of hydrogen-bond acceptors (Lipinski definition) is 4. The smallest absolute Gasteiger partial charge is 0.246 e. The molecule has 0 radical (unpaired) electrons. The number of ether oxygens (including phenoxy) is 2. The van der Waals surface area contributed by atoms with Gasteiger partial charge in [-0.05, 0) is 48.4 Å². The summed E-state index contributed by atoms with van der Waals surface area (Å²) in [5.74, 6) is 0.832. The van der Waals surface area contributed by atoms with Crippen molar-refractivity contribution in [2.24, 2.45) is 0 Å². The summed E-state index contributed by atoms with van der Waals surface area (Å²) in [7, 11) is 3.24. The number of methoxy groups -OCH3 is 1. The molecule has 0 aliphatic carbocycles. The summed E-state index contributed by atoms with van der Waals surface area (Å²) in [6.45, 7) is 2.75. The SMILES string of the molecule is CCOc1c(Cl)cc(/C=C/C(=O)N(C)Cc2cccc(C#N)c2)cc1OC. The van der Waals surface area contributed by atoms with Crippen molar-refractivity contribution in [3.05, 3.63) is 64.2 Å². The number of likely N-dealkylation sites (N-methyl/N-ethyl adjacent to an activating group) is 1. The average molecular weight is 385 g/mol. The van der Waals surface area contributed by atoms with Crippen molar-refractivity contribution in [3.8, 4) is 17.6 Å². The number of benzene rings is 2. The molecule has 1 amide bonds. The second kappa shape index (κ2) is 9.65. The molecule has 27 heavy (non-hydrogen) atoms. The van der Waals surface area contributed by atoms with Gasteiger partial charge >= 0.3 is 0 Å². The molecule has 0 spiro atoms. The molecule has 2 rings (SSSR count). The lowest BCUT2D eigenvalue weighted by molar-refractivity contribution is -0.125. The van der Waals surface area contributed by atoms with E-state index in [0.717, 1.165) is 11.1 Å². The minimum absolute atomic E-state index is 0.165. The molecule has 0 heterocycles. The molecule has 0 saturated heterocycles. The van der Waals surface area contributed by atoms with Gasteiger partial charge in [0.1, 0.15) is 0 Å². The molecule has 2 aromatic rings. The van der Waals surface area contributed by atoms with Crippen LogP contribution in [0.4, 0.5) is 0 Å². The Balaban J connectivity index is 2.11. The van der Waals surface area contributed by atoms with Gasteiger partial charge in [-0.3, -0.25) is 4.79 Å². The standard InChI is InChI=1S/C21H21ClN2O3/c1-4-27-21-18(22)11-15(12-19(21)26-3)8-9-20(25)24(2)14-17-7-5-6-16(10-17)13-23/h5-12H,4,14H2,1-3H3/b9-8+. The normalized spacial score (nSPS) is 10.5. The fraction of sp³-hybridized carbons (Fsp3) is 0.238. The van der Waals surface area contributed by atoms with Gasteiger partial charge in [-0.1, -0.05) is 23.7 Å². The molecule has 0 unspecified atom stereocenters. The molecule has 0 N–H and O–H groups in total. The van der Waals surface area contributed by atoms with Crippen LogP contribution in [0, 0.1) is 11.3 Å². The third kappa shape index (κ3) is 5.50. The van der Waals surface area contributed by atoms with Crippen molar-refractivity contribution < 1.29 is 14.3 Å². The summed E-state index contributed by atoms with van der Waals surface area (Å²) >= 11 is 6.25. The van der Waals surface area contributed by atoms with Crippen LogP contribution in [-0.4, -0.2) is 31.6 Å². The zero-order valence-electron chi connectivity index (χ0n) is 15.5. The molecule has 5 nitrogen and oxygen atoms in total. The van der Waals surface area contributed by atoms with E-state index >= 15 is 0 Å². The monoisotopic (exact) mass is 384 g/mol. The number of carbonyl (C=O) groups excluding carboxylic acids is 1. The van der Waals surface area contributed by atoms with Gasteiger partial charge in [-0.25, -0.2) is 0 Å². The molecule has 2 aromatic carbocycles. The van der Waals surface area contributed by atoms with Gasteiger partial charge in [0.2, 0.25) is 5.91 Å². The highest BCUT2D eigenvalue weighted by Crippen LogP contribution is 2.36. The Hall–Kier alpha value is -2.97. The maximum Gasteiger partial charge on any atom is 0.246 e. The fourth-order valence-electron chi connectivity index (χ4n) is 2.51. The van der Waals surface area contributed by atoms with E-state index in [9.17, 15) is 4.79 Å². The van der Waals surface area contributed by atoms with E-state index in [1.807, 2.05) is 13.0 Å². The first kappa shape index (κ1) is 20.3. The zero-order chi connectivity index (χ0) is 19.8. The molecule has 0 aromatic heterocycles. The van der Waals surface area contributed by atoms with Crippen LogP contribution in [0.5, 0.6) is 11.5 Å². The highest BCUT2D eigenvalue weighted by Gasteiger charge is 2.11. The van der Waals surface area contributed by atoms with Gasteiger partial charge in [0, 0.05) is 19.7 Å². The Morgan fingerprint density at radius 3 is 2.78 bits per heavy atom. The number of nitriles is 1. The Morgan fingerprint density at radius 2 is 2.11 bits per heavy atom.